The highest BCUT2D eigenvalue weighted by Gasteiger charge is 2.27. The van der Waals surface area contributed by atoms with E-state index in [1.54, 1.807) is 17.9 Å². The molecule has 0 aliphatic carbocycles. The molecule has 2 aromatic heterocycles. The summed E-state index contributed by atoms with van der Waals surface area (Å²) in [5.41, 5.74) is 4.46. The SMILES string of the molecule is CNc1cc(-c2noc(N3CCN(C(=O)c4cc(-c5ccccc5)no4)CC3)n2)ccc1C(C)=N. The summed E-state index contributed by atoms with van der Waals surface area (Å²) < 4.78 is 10.8. The summed E-state index contributed by atoms with van der Waals surface area (Å²) in [6.45, 7) is 3.85. The van der Waals surface area contributed by atoms with Crippen LogP contribution < -0.4 is 10.2 Å². The number of rotatable bonds is 6. The van der Waals surface area contributed by atoms with E-state index in [4.69, 9.17) is 14.5 Å². The zero-order chi connectivity index (χ0) is 24.4. The maximum absolute atomic E-state index is 12.9. The van der Waals surface area contributed by atoms with Gasteiger partial charge in [-0.15, -0.1) is 0 Å². The van der Waals surface area contributed by atoms with E-state index in [1.807, 2.05) is 60.5 Å². The summed E-state index contributed by atoms with van der Waals surface area (Å²) >= 11 is 0. The van der Waals surface area contributed by atoms with Gasteiger partial charge in [0, 0.05) is 67.4 Å². The van der Waals surface area contributed by atoms with Crippen molar-refractivity contribution in [3.63, 3.8) is 0 Å². The number of nitrogens with one attached hydrogen (secondary N) is 2. The first-order valence-corrected chi connectivity index (χ1v) is 11.3. The fourth-order valence-corrected chi connectivity index (χ4v) is 4.06. The molecule has 1 aliphatic heterocycles. The normalized spacial score (nSPS) is 13.7. The van der Waals surface area contributed by atoms with Gasteiger partial charge in [0.15, 0.2) is 0 Å². The molecule has 0 radical (unpaired) electrons. The molecule has 1 saturated heterocycles. The molecule has 2 aromatic carbocycles. The van der Waals surface area contributed by atoms with E-state index in [-0.39, 0.29) is 11.7 Å². The molecule has 0 spiro atoms. The van der Waals surface area contributed by atoms with E-state index in [0.29, 0.717) is 49.4 Å². The van der Waals surface area contributed by atoms with Gasteiger partial charge in [0.05, 0.1) is 0 Å². The molecule has 0 bridgehead atoms. The van der Waals surface area contributed by atoms with E-state index in [9.17, 15) is 4.79 Å². The van der Waals surface area contributed by atoms with Crippen LogP contribution in [0, 0.1) is 5.41 Å². The van der Waals surface area contributed by atoms with Gasteiger partial charge in [-0.2, -0.15) is 4.98 Å². The van der Waals surface area contributed by atoms with Crippen LogP contribution >= 0.6 is 0 Å². The Morgan fingerprint density at radius 2 is 1.74 bits per heavy atom. The minimum Gasteiger partial charge on any atom is -0.388 e. The summed E-state index contributed by atoms with van der Waals surface area (Å²) in [7, 11) is 1.81. The molecule has 178 valence electrons. The molecule has 0 unspecified atom stereocenters. The van der Waals surface area contributed by atoms with Crippen molar-refractivity contribution in [1.82, 2.24) is 20.2 Å². The fourth-order valence-electron chi connectivity index (χ4n) is 4.06. The summed E-state index contributed by atoms with van der Waals surface area (Å²) in [5, 5.41) is 19.2. The number of carbonyl (C=O) groups is 1. The second-order valence-electron chi connectivity index (χ2n) is 8.26. The number of amides is 1. The fraction of sp³-hybridized carbons (Fsp3) is 0.240. The van der Waals surface area contributed by atoms with Crippen molar-refractivity contribution in [2.24, 2.45) is 0 Å². The van der Waals surface area contributed by atoms with Crippen molar-refractivity contribution >= 4 is 23.3 Å². The smallest absolute Gasteiger partial charge is 0.324 e. The molecule has 5 rings (SSSR count). The summed E-state index contributed by atoms with van der Waals surface area (Å²) in [5.74, 6) is 0.507. The molecule has 0 atom stereocenters. The lowest BCUT2D eigenvalue weighted by Crippen LogP contribution is -2.48. The van der Waals surface area contributed by atoms with Crippen molar-refractivity contribution in [3.8, 4) is 22.6 Å². The van der Waals surface area contributed by atoms with Crippen molar-refractivity contribution < 1.29 is 13.8 Å². The summed E-state index contributed by atoms with van der Waals surface area (Å²) in [6, 6.07) is 17.3. The molecule has 35 heavy (non-hydrogen) atoms. The Balaban J connectivity index is 1.23. The third-order valence-corrected chi connectivity index (χ3v) is 5.99. The minimum atomic E-state index is -0.188. The predicted octanol–water partition coefficient (Wildman–Crippen LogP) is 3.78. The van der Waals surface area contributed by atoms with E-state index in [0.717, 1.165) is 22.4 Å². The number of hydrogen-bond acceptors (Lipinski definition) is 9. The van der Waals surface area contributed by atoms with E-state index < -0.39 is 0 Å². The molecule has 2 N–H and O–H groups in total. The molecule has 1 amide bonds. The van der Waals surface area contributed by atoms with Crippen LogP contribution in [0.2, 0.25) is 0 Å². The van der Waals surface area contributed by atoms with Crippen LogP contribution in [0.4, 0.5) is 11.7 Å². The van der Waals surface area contributed by atoms with Gasteiger partial charge >= 0.3 is 6.01 Å². The van der Waals surface area contributed by atoms with Crippen LogP contribution in [0.1, 0.15) is 23.0 Å². The average molecular weight is 472 g/mol. The predicted molar refractivity (Wildman–Crippen MR) is 132 cm³/mol. The lowest BCUT2D eigenvalue weighted by Gasteiger charge is -2.32. The molecular formula is C25H25N7O3. The zero-order valence-electron chi connectivity index (χ0n) is 19.5. The van der Waals surface area contributed by atoms with Crippen LogP contribution in [-0.2, 0) is 0 Å². The van der Waals surface area contributed by atoms with Gasteiger partial charge < -0.3 is 29.6 Å². The van der Waals surface area contributed by atoms with E-state index >= 15 is 0 Å². The summed E-state index contributed by atoms with van der Waals surface area (Å²) in [6.07, 6.45) is 0. The third-order valence-electron chi connectivity index (χ3n) is 5.99. The largest absolute Gasteiger partial charge is 0.388 e. The topological polar surface area (TPSA) is 124 Å². The highest BCUT2D eigenvalue weighted by atomic mass is 16.5. The van der Waals surface area contributed by atoms with Crippen molar-refractivity contribution in [3.05, 3.63) is 65.9 Å². The number of anilines is 2. The Labute approximate surface area is 202 Å². The standard InChI is InChI=1S/C25H25N7O3/c1-16(26)19-9-8-18(14-21(19)27-2)23-28-25(35-30-23)32-12-10-31(11-13-32)24(33)22-15-20(29-34-22)17-6-4-3-5-7-17/h3-9,14-15,26-27H,10-13H2,1-2H3. The number of carbonyl (C=O) groups excluding carboxylic acids is 1. The van der Waals surface area contributed by atoms with E-state index in [1.165, 1.54) is 0 Å². The van der Waals surface area contributed by atoms with Gasteiger partial charge in [0.2, 0.25) is 11.6 Å². The first-order valence-electron chi connectivity index (χ1n) is 11.3. The first kappa shape index (κ1) is 22.3. The van der Waals surface area contributed by atoms with Crippen molar-refractivity contribution in [2.75, 3.05) is 43.4 Å². The highest BCUT2D eigenvalue weighted by Crippen LogP contribution is 2.26. The molecular weight excluding hydrogens is 446 g/mol. The van der Waals surface area contributed by atoms with Gasteiger partial charge in [-0.3, -0.25) is 4.79 Å². The maximum atomic E-state index is 12.9. The lowest BCUT2D eigenvalue weighted by atomic mass is 10.1. The Hall–Kier alpha value is -4.47. The monoisotopic (exact) mass is 471 g/mol. The van der Waals surface area contributed by atoms with Crippen LogP contribution in [-0.4, -0.2) is 65.0 Å². The highest BCUT2D eigenvalue weighted by molar-refractivity contribution is 6.02. The Morgan fingerprint density at radius 3 is 2.46 bits per heavy atom. The lowest BCUT2D eigenvalue weighted by molar-refractivity contribution is 0.0702. The molecule has 1 aliphatic rings. The first-order chi connectivity index (χ1) is 17.0. The van der Waals surface area contributed by atoms with Gasteiger partial charge in [0.25, 0.3) is 5.91 Å². The number of benzene rings is 2. The van der Waals surface area contributed by atoms with Crippen molar-refractivity contribution in [2.45, 2.75) is 6.92 Å². The Morgan fingerprint density at radius 1 is 0.971 bits per heavy atom. The second-order valence-corrected chi connectivity index (χ2v) is 8.26. The van der Waals surface area contributed by atoms with Crippen LogP contribution in [0.3, 0.4) is 0 Å². The number of aromatic nitrogens is 3. The molecule has 10 nitrogen and oxygen atoms in total. The molecule has 3 heterocycles. The number of hydrogen-bond donors (Lipinski definition) is 2. The maximum Gasteiger partial charge on any atom is 0.324 e. The second kappa shape index (κ2) is 9.41. The van der Waals surface area contributed by atoms with E-state index in [2.05, 4.69) is 20.6 Å². The van der Waals surface area contributed by atoms with Crippen molar-refractivity contribution in [1.29, 1.82) is 5.41 Å². The van der Waals surface area contributed by atoms with Crippen LogP contribution in [0.15, 0.2) is 63.6 Å². The van der Waals surface area contributed by atoms with Gasteiger partial charge in [0.1, 0.15) is 5.69 Å². The third kappa shape index (κ3) is 4.50. The van der Waals surface area contributed by atoms with Gasteiger partial charge in [-0.05, 0) is 13.0 Å². The molecule has 0 saturated carbocycles. The van der Waals surface area contributed by atoms with Crippen LogP contribution in [0.5, 0.6) is 0 Å². The zero-order valence-corrected chi connectivity index (χ0v) is 19.5. The van der Waals surface area contributed by atoms with Crippen LogP contribution in [0.25, 0.3) is 22.6 Å². The average Bonchev–Trinajstić information content (AvgIpc) is 3.59. The summed E-state index contributed by atoms with van der Waals surface area (Å²) in [4.78, 5) is 21.2. The Bertz CT molecular complexity index is 1350. The minimum absolute atomic E-state index is 0.188. The molecule has 1 fully saturated rings. The Kier molecular flexibility index (Phi) is 6.01. The van der Waals surface area contributed by atoms with Gasteiger partial charge in [-0.25, -0.2) is 0 Å². The number of piperazine rings is 1. The molecule has 4 aromatic rings. The quantitative estimate of drug-likeness (QED) is 0.407. The van der Waals surface area contributed by atoms with Gasteiger partial charge in [-0.1, -0.05) is 52.8 Å². The number of nitrogens with zero attached hydrogens (tertiary/aromatic N) is 5. The molecule has 10 heteroatoms.